The maximum absolute atomic E-state index is 12.8. The molecule has 5 nitrogen and oxygen atoms in total. The number of nitrogens with one attached hydrogen (secondary N) is 1. The van der Waals surface area contributed by atoms with Crippen molar-refractivity contribution in [3.05, 3.63) is 33.9 Å². The molecule has 1 aromatic carbocycles. The lowest BCUT2D eigenvalue weighted by Gasteiger charge is -2.18. The van der Waals surface area contributed by atoms with Crippen LogP contribution in [0.15, 0.2) is 18.2 Å². The van der Waals surface area contributed by atoms with Crippen LogP contribution in [-0.2, 0) is 6.18 Å². The molecule has 0 aliphatic rings. The molecule has 0 aromatic heterocycles. The highest BCUT2D eigenvalue weighted by atomic mass is 19.4. The van der Waals surface area contributed by atoms with E-state index in [1.165, 1.54) is 6.07 Å². The molecule has 1 atom stereocenters. The zero-order valence-electron chi connectivity index (χ0n) is 10.8. The van der Waals surface area contributed by atoms with Crippen molar-refractivity contribution >= 4 is 11.4 Å². The number of anilines is 1. The smallest absolute Gasteiger partial charge is 0.394 e. The average molecular weight is 292 g/mol. The Balaban J connectivity index is 3.10. The fourth-order valence-electron chi connectivity index (χ4n) is 1.81. The summed E-state index contributed by atoms with van der Waals surface area (Å²) in [6, 6.07) is 2.32. The first-order valence-corrected chi connectivity index (χ1v) is 6.02. The number of rotatable bonds is 6. The van der Waals surface area contributed by atoms with Crippen LogP contribution in [0.4, 0.5) is 24.5 Å². The van der Waals surface area contributed by atoms with Gasteiger partial charge in [0.2, 0.25) is 0 Å². The largest absolute Gasteiger partial charge is 0.423 e. The molecule has 0 unspecified atom stereocenters. The van der Waals surface area contributed by atoms with Gasteiger partial charge in [-0.25, -0.2) is 0 Å². The van der Waals surface area contributed by atoms with E-state index in [4.69, 9.17) is 5.11 Å². The summed E-state index contributed by atoms with van der Waals surface area (Å²) in [6.07, 6.45) is -3.48. The number of alkyl halides is 3. The van der Waals surface area contributed by atoms with Gasteiger partial charge < -0.3 is 10.4 Å². The molecule has 0 bridgehead atoms. The molecule has 0 aliphatic heterocycles. The maximum atomic E-state index is 12.8. The van der Waals surface area contributed by atoms with Crippen molar-refractivity contribution in [2.24, 2.45) is 0 Å². The summed E-state index contributed by atoms with van der Waals surface area (Å²) in [4.78, 5) is 9.54. The number of hydrogen-bond donors (Lipinski definition) is 2. The number of hydrogen-bond acceptors (Lipinski definition) is 4. The van der Waals surface area contributed by atoms with Gasteiger partial charge in [0, 0.05) is 17.8 Å². The van der Waals surface area contributed by atoms with Gasteiger partial charge in [-0.1, -0.05) is 13.3 Å². The lowest BCUT2D eigenvalue weighted by atomic mass is 10.1. The Kier molecular flexibility index (Phi) is 5.32. The topological polar surface area (TPSA) is 75.4 Å². The molecule has 2 N–H and O–H groups in total. The van der Waals surface area contributed by atoms with Crippen molar-refractivity contribution in [3.8, 4) is 0 Å². The summed E-state index contributed by atoms with van der Waals surface area (Å²) in [7, 11) is 0. The van der Waals surface area contributed by atoms with Gasteiger partial charge in [-0.15, -0.1) is 0 Å². The lowest BCUT2D eigenvalue weighted by molar-refractivity contribution is -0.388. The number of benzene rings is 1. The summed E-state index contributed by atoms with van der Waals surface area (Å²) in [5, 5.41) is 22.4. The van der Waals surface area contributed by atoms with Crippen molar-refractivity contribution in [2.45, 2.75) is 32.0 Å². The first kappa shape index (κ1) is 16.2. The van der Waals surface area contributed by atoms with Crippen LogP contribution in [0, 0.1) is 10.1 Å². The Morgan fingerprint density at radius 3 is 2.55 bits per heavy atom. The molecule has 0 amide bonds. The Morgan fingerprint density at radius 1 is 1.45 bits per heavy atom. The van der Waals surface area contributed by atoms with Crippen LogP contribution in [0.25, 0.3) is 0 Å². The zero-order chi connectivity index (χ0) is 15.3. The van der Waals surface area contributed by atoms with E-state index < -0.39 is 22.4 Å². The van der Waals surface area contributed by atoms with Crippen LogP contribution >= 0.6 is 0 Å². The van der Waals surface area contributed by atoms with Gasteiger partial charge in [0.25, 0.3) is 5.69 Å². The van der Waals surface area contributed by atoms with Gasteiger partial charge in [0.05, 0.1) is 11.5 Å². The molecule has 0 spiro atoms. The standard InChI is InChI=1S/C12H15F3N2O3/c1-2-3-9(7-18)16-8-4-5-11(17(19)20)10(6-8)12(13,14)15/h4-6,9,16,18H,2-3,7H2,1H3/t9-/m1/s1. The third-order valence-electron chi connectivity index (χ3n) is 2.73. The summed E-state index contributed by atoms with van der Waals surface area (Å²) in [6.45, 7) is 1.65. The van der Waals surface area contributed by atoms with Crippen LogP contribution in [0.5, 0.6) is 0 Å². The van der Waals surface area contributed by atoms with Crippen molar-refractivity contribution in [3.63, 3.8) is 0 Å². The molecule has 1 rings (SSSR count). The molecular weight excluding hydrogens is 277 g/mol. The highest BCUT2D eigenvalue weighted by molar-refractivity contribution is 5.55. The van der Waals surface area contributed by atoms with Gasteiger partial charge in [-0.3, -0.25) is 10.1 Å². The van der Waals surface area contributed by atoms with E-state index in [1.54, 1.807) is 0 Å². The van der Waals surface area contributed by atoms with E-state index in [0.717, 1.165) is 12.5 Å². The number of aliphatic hydroxyl groups is 1. The van der Waals surface area contributed by atoms with E-state index in [2.05, 4.69) is 5.32 Å². The molecule has 0 radical (unpaired) electrons. The van der Waals surface area contributed by atoms with E-state index in [1.807, 2.05) is 6.92 Å². The fourth-order valence-corrected chi connectivity index (χ4v) is 1.81. The van der Waals surface area contributed by atoms with Crippen LogP contribution in [0.1, 0.15) is 25.3 Å². The summed E-state index contributed by atoms with van der Waals surface area (Å²) in [5.74, 6) is 0. The van der Waals surface area contributed by atoms with Crippen molar-refractivity contribution in [2.75, 3.05) is 11.9 Å². The Morgan fingerprint density at radius 2 is 2.10 bits per heavy atom. The number of aliphatic hydroxyl groups excluding tert-OH is 1. The minimum Gasteiger partial charge on any atom is -0.394 e. The average Bonchev–Trinajstić information content (AvgIpc) is 2.36. The maximum Gasteiger partial charge on any atom is 0.423 e. The molecule has 1 aromatic rings. The van der Waals surface area contributed by atoms with Gasteiger partial charge in [-0.05, 0) is 18.6 Å². The van der Waals surface area contributed by atoms with Crippen molar-refractivity contribution < 1.29 is 23.2 Å². The third-order valence-corrected chi connectivity index (χ3v) is 2.73. The fraction of sp³-hybridized carbons (Fsp3) is 0.500. The van der Waals surface area contributed by atoms with Crippen molar-refractivity contribution in [1.29, 1.82) is 0 Å². The zero-order valence-corrected chi connectivity index (χ0v) is 10.8. The van der Waals surface area contributed by atoms with E-state index in [-0.39, 0.29) is 18.3 Å². The monoisotopic (exact) mass is 292 g/mol. The second-order valence-corrected chi connectivity index (χ2v) is 4.30. The summed E-state index contributed by atoms with van der Waals surface area (Å²) < 4.78 is 38.3. The predicted molar refractivity (Wildman–Crippen MR) is 67.5 cm³/mol. The molecule has 20 heavy (non-hydrogen) atoms. The minimum absolute atomic E-state index is 0.0930. The number of halogens is 3. The second-order valence-electron chi connectivity index (χ2n) is 4.30. The summed E-state index contributed by atoms with van der Waals surface area (Å²) in [5.41, 5.74) is -2.20. The predicted octanol–water partition coefficient (Wildman–Crippen LogP) is 3.19. The van der Waals surface area contributed by atoms with Crippen LogP contribution in [0.2, 0.25) is 0 Å². The quantitative estimate of drug-likeness (QED) is 0.623. The molecule has 0 saturated carbocycles. The van der Waals surface area contributed by atoms with Gasteiger partial charge in [-0.2, -0.15) is 13.2 Å². The first-order valence-electron chi connectivity index (χ1n) is 6.02. The van der Waals surface area contributed by atoms with Crippen molar-refractivity contribution in [1.82, 2.24) is 0 Å². The van der Waals surface area contributed by atoms with E-state index >= 15 is 0 Å². The van der Waals surface area contributed by atoms with Crippen LogP contribution in [-0.4, -0.2) is 22.7 Å². The number of nitro groups is 1. The van der Waals surface area contributed by atoms with Gasteiger partial charge in [0.15, 0.2) is 0 Å². The molecule has 0 saturated heterocycles. The van der Waals surface area contributed by atoms with Gasteiger partial charge >= 0.3 is 6.18 Å². The SMILES string of the molecule is CCC[C@H](CO)Nc1ccc([N+](=O)[O-])c(C(F)(F)F)c1. The lowest BCUT2D eigenvalue weighted by Crippen LogP contribution is -2.23. The summed E-state index contributed by atoms with van der Waals surface area (Å²) >= 11 is 0. The molecule has 112 valence electrons. The molecule has 8 heteroatoms. The highest BCUT2D eigenvalue weighted by Crippen LogP contribution is 2.37. The highest BCUT2D eigenvalue weighted by Gasteiger charge is 2.38. The number of nitrogens with zero attached hydrogens (tertiary/aromatic N) is 1. The Hall–Kier alpha value is -1.83. The molecule has 0 heterocycles. The Labute approximate surface area is 113 Å². The normalized spacial score (nSPS) is 13.1. The minimum atomic E-state index is -4.81. The molecule has 0 aliphatic carbocycles. The van der Waals surface area contributed by atoms with Gasteiger partial charge in [0.1, 0.15) is 5.56 Å². The van der Waals surface area contributed by atoms with E-state index in [9.17, 15) is 23.3 Å². The number of nitro benzene ring substituents is 1. The van der Waals surface area contributed by atoms with Crippen LogP contribution in [0.3, 0.4) is 0 Å². The Bertz CT molecular complexity index is 478. The third kappa shape index (κ3) is 4.09. The second kappa shape index (κ2) is 6.56. The van der Waals surface area contributed by atoms with Crippen LogP contribution < -0.4 is 5.32 Å². The molecular formula is C12H15F3N2O3. The first-order chi connectivity index (χ1) is 9.29. The van der Waals surface area contributed by atoms with E-state index in [0.29, 0.717) is 12.5 Å². The molecule has 0 fully saturated rings.